The van der Waals surface area contributed by atoms with Crippen LogP contribution in [0.5, 0.6) is 0 Å². The number of nitrogens with one attached hydrogen (secondary N) is 1. The Bertz CT molecular complexity index is 375. The molecular weight excluding hydrogens is 242 g/mol. The molecule has 0 aromatic rings. The van der Waals surface area contributed by atoms with Crippen LogP contribution in [0.15, 0.2) is 12.2 Å². The molecule has 1 heterocycles. The molecular formula is C14H23N3O2. The van der Waals surface area contributed by atoms with Crippen molar-refractivity contribution in [3.8, 4) is 0 Å². The second-order valence-electron chi connectivity index (χ2n) is 5.51. The molecule has 5 nitrogen and oxygen atoms in total. The first-order valence-corrected chi connectivity index (χ1v) is 7.11. The molecule has 2 rings (SSSR count). The Morgan fingerprint density at radius 2 is 1.95 bits per heavy atom. The SMILES string of the molecule is CC(NC(=O)C1C=CC(N)C1)C(=O)N1CCCCC1. The third kappa shape index (κ3) is 3.56. The van der Waals surface area contributed by atoms with Gasteiger partial charge in [-0.2, -0.15) is 0 Å². The van der Waals surface area contributed by atoms with Crippen LogP contribution >= 0.6 is 0 Å². The Balaban J connectivity index is 1.82. The van der Waals surface area contributed by atoms with Gasteiger partial charge in [-0.05, 0) is 32.6 Å². The number of rotatable bonds is 3. The second kappa shape index (κ2) is 6.19. The Kier molecular flexibility index (Phi) is 4.58. The molecule has 1 saturated heterocycles. The lowest BCUT2D eigenvalue weighted by Crippen LogP contribution is -2.49. The van der Waals surface area contributed by atoms with Crippen LogP contribution in [0.25, 0.3) is 0 Å². The zero-order valence-electron chi connectivity index (χ0n) is 11.5. The van der Waals surface area contributed by atoms with Gasteiger partial charge in [0.2, 0.25) is 11.8 Å². The molecule has 3 N–H and O–H groups in total. The summed E-state index contributed by atoms with van der Waals surface area (Å²) in [6, 6.07) is -0.486. The van der Waals surface area contributed by atoms with Gasteiger partial charge in [0.25, 0.3) is 0 Å². The van der Waals surface area contributed by atoms with Crippen LogP contribution in [0.1, 0.15) is 32.6 Å². The molecule has 0 aromatic carbocycles. The lowest BCUT2D eigenvalue weighted by Gasteiger charge is -2.29. The second-order valence-corrected chi connectivity index (χ2v) is 5.51. The van der Waals surface area contributed by atoms with E-state index in [2.05, 4.69) is 5.32 Å². The van der Waals surface area contributed by atoms with Crippen LogP contribution in [0.4, 0.5) is 0 Å². The fraction of sp³-hybridized carbons (Fsp3) is 0.714. The van der Waals surface area contributed by atoms with Crippen molar-refractivity contribution in [2.24, 2.45) is 11.7 Å². The molecule has 5 heteroatoms. The van der Waals surface area contributed by atoms with Gasteiger partial charge < -0.3 is 16.0 Å². The normalized spacial score (nSPS) is 28.2. The van der Waals surface area contributed by atoms with Gasteiger partial charge >= 0.3 is 0 Å². The summed E-state index contributed by atoms with van der Waals surface area (Å²) in [7, 11) is 0. The molecule has 3 atom stereocenters. The van der Waals surface area contributed by atoms with E-state index in [-0.39, 0.29) is 23.8 Å². The monoisotopic (exact) mass is 265 g/mol. The highest BCUT2D eigenvalue weighted by Crippen LogP contribution is 2.17. The van der Waals surface area contributed by atoms with Crippen molar-refractivity contribution in [2.75, 3.05) is 13.1 Å². The van der Waals surface area contributed by atoms with E-state index in [4.69, 9.17) is 5.73 Å². The molecule has 1 aliphatic carbocycles. The third-order valence-corrected chi connectivity index (χ3v) is 3.85. The predicted molar refractivity (Wildman–Crippen MR) is 73.3 cm³/mol. The van der Waals surface area contributed by atoms with E-state index in [1.165, 1.54) is 6.42 Å². The highest BCUT2D eigenvalue weighted by molar-refractivity contribution is 5.89. The molecule has 2 amide bonds. The van der Waals surface area contributed by atoms with Crippen LogP contribution in [0.2, 0.25) is 0 Å². The van der Waals surface area contributed by atoms with Crippen LogP contribution in [0.3, 0.4) is 0 Å². The molecule has 1 aliphatic heterocycles. The summed E-state index contributed by atoms with van der Waals surface area (Å²) in [5, 5.41) is 2.80. The first-order valence-electron chi connectivity index (χ1n) is 7.11. The largest absolute Gasteiger partial charge is 0.344 e. The maximum atomic E-state index is 12.2. The van der Waals surface area contributed by atoms with E-state index >= 15 is 0 Å². The summed E-state index contributed by atoms with van der Waals surface area (Å²) >= 11 is 0. The lowest BCUT2D eigenvalue weighted by atomic mass is 10.1. The van der Waals surface area contributed by atoms with E-state index < -0.39 is 6.04 Å². The van der Waals surface area contributed by atoms with Crippen LogP contribution in [-0.2, 0) is 9.59 Å². The molecule has 0 bridgehead atoms. The van der Waals surface area contributed by atoms with Gasteiger partial charge in [-0.1, -0.05) is 12.2 Å². The maximum absolute atomic E-state index is 12.2. The summed E-state index contributed by atoms with van der Waals surface area (Å²) in [5.41, 5.74) is 5.73. The molecule has 0 radical (unpaired) electrons. The zero-order chi connectivity index (χ0) is 13.8. The van der Waals surface area contributed by atoms with Gasteiger partial charge in [0.1, 0.15) is 6.04 Å². The summed E-state index contributed by atoms with van der Waals surface area (Å²) < 4.78 is 0. The summed E-state index contributed by atoms with van der Waals surface area (Å²) in [5.74, 6) is -0.256. The van der Waals surface area contributed by atoms with E-state index in [0.29, 0.717) is 6.42 Å². The quantitative estimate of drug-likeness (QED) is 0.726. The van der Waals surface area contributed by atoms with E-state index in [9.17, 15) is 9.59 Å². The maximum Gasteiger partial charge on any atom is 0.244 e. The topological polar surface area (TPSA) is 75.4 Å². The summed E-state index contributed by atoms with van der Waals surface area (Å²) in [4.78, 5) is 26.0. The number of nitrogens with zero attached hydrogens (tertiary/aromatic N) is 1. The number of nitrogens with two attached hydrogens (primary N) is 1. The van der Waals surface area contributed by atoms with Crippen molar-refractivity contribution in [3.05, 3.63) is 12.2 Å². The Hall–Kier alpha value is -1.36. The minimum absolute atomic E-state index is 0.0272. The molecule has 0 saturated carbocycles. The summed E-state index contributed by atoms with van der Waals surface area (Å²) in [6.45, 7) is 3.38. The van der Waals surface area contributed by atoms with Crippen molar-refractivity contribution in [1.82, 2.24) is 10.2 Å². The molecule has 19 heavy (non-hydrogen) atoms. The van der Waals surface area contributed by atoms with Crippen molar-refractivity contribution < 1.29 is 9.59 Å². The zero-order valence-corrected chi connectivity index (χ0v) is 11.5. The summed E-state index contributed by atoms with van der Waals surface area (Å²) in [6.07, 6.45) is 7.63. The van der Waals surface area contributed by atoms with Gasteiger partial charge in [0.15, 0.2) is 0 Å². The van der Waals surface area contributed by atoms with Crippen LogP contribution in [-0.4, -0.2) is 41.9 Å². The van der Waals surface area contributed by atoms with Crippen LogP contribution < -0.4 is 11.1 Å². The minimum Gasteiger partial charge on any atom is -0.344 e. The number of piperidine rings is 1. The van der Waals surface area contributed by atoms with E-state index in [1.807, 2.05) is 17.1 Å². The van der Waals surface area contributed by atoms with Gasteiger partial charge in [-0.15, -0.1) is 0 Å². The lowest BCUT2D eigenvalue weighted by molar-refractivity contribution is -0.137. The standard InChI is InChI=1S/C14H23N3O2/c1-10(14(19)17-7-3-2-4-8-17)16-13(18)11-5-6-12(15)9-11/h5-6,10-12H,2-4,7-9,15H2,1H3,(H,16,18). The number of likely N-dealkylation sites (tertiary alicyclic amines) is 1. The molecule has 106 valence electrons. The molecule has 0 aromatic heterocycles. The Morgan fingerprint density at radius 3 is 2.53 bits per heavy atom. The fourth-order valence-corrected chi connectivity index (χ4v) is 2.69. The van der Waals surface area contributed by atoms with Crippen molar-refractivity contribution in [3.63, 3.8) is 0 Å². The van der Waals surface area contributed by atoms with Crippen molar-refractivity contribution >= 4 is 11.8 Å². The van der Waals surface area contributed by atoms with E-state index in [1.54, 1.807) is 6.92 Å². The number of carbonyl (C=O) groups is 2. The highest BCUT2D eigenvalue weighted by Gasteiger charge is 2.27. The average molecular weight is 265 g/mol. The first kappa shape index (κ1) is 14.1. The average Bonchev–Trinajstić information content (AvgIpc) is 2.85. The van der Waals surface area contributed by atoms with Gasteiger partial charge in [0.05, 0.1) is 5.92 Å². The third-order valence-electron chi connectivity index (χ3n) is 3.85. The van der Waals surface area contributed by atoms with Crippen molar-refractivity contribution in [2.45, 2.75) is 44.7 Å². The molecule has 2 aliphatic rings. The molecule has 1 fully saturated rings. The minimum atomic E-state index is -0.448. The first-order chi connectivity index (χ1) is 9.08. The van der Waals surface area contributed by atoms with Crippen molar-refractivity contribution in [1.29, 1.82) is 0 Å². The van der Waals surface area contributed by atoms with Crippen LogP contribution in [0, 0.1) is 5.92 Å². The smallest absolute Gasteiger partial charge is 0.244 e. The van der Waals surface area contributed by atoms with Gasteiger partial charge in [-0.3, -0.25) is 9.59 Å². The predicted octanol–water partition coefficient (Wildman–Crippen LogP) is 0.407. The molecule has 3 unspecified atom stereocenters. The fourth-order valence-electron chi connectivity index (χ4n) is 2.69. The Labute approximate surface area is 114 Å². The number of amides is 2. The number of carbonyl (C=O) groups excluding carboxylic acids is 2. The van der Waals surface area contributed by atoms with Gasteiger partial charge in [-0.25, -0.2) is 0 Å². The number of hydrogen-bond donors (Lipinski definition) is 2. The van der Waals surface area contributed by atoms with E-state index in [0.717, 1.165) is 25.9 Å². The molecule has 0 spiro atoms. The highest BCUT2D eigenvalue weighted by atomic mass is 16.2. The van der Waals surface area contributed by atoms with Gasteiger partial charge in [0, 0.05) is 19.1 Å². The number of hydrogen-bond acceptors (Lipinski definition) is 3. The Morgan fingerprint density at radius 1 is 1.26 bits per heavy atom.